The van der Waals surface area contributed by atoms with Gasteiger partial charge in [-0.05, 0) is 55.8 Å². The van der Waals surface area contributed by atoms with Crippen molar-refractivity contribution in [3.63, 3.8) is 0 Å². The molecule has 0 aliphatic rings. The standard InChI is InChI=1S/C25H25N5O3/c1-17(2)33-21-9-7-18(8-10-21)16-27-25(31)23-24(19-11-13-26-14-12-19)30(29-28-23)20-5-4-6-22(15-20)32-3/h4-15,17H,16H2,1-3H3,(H,27,31). The number of nitrogens with one attached hydrogen (secondary N) is 1. The lowest BCUT2D eigenvalue weighted by Crippen LogP contribution is -2.24. The molecule has 2 aromatic heterocycles. The van der Waals surface area contributed by atoms with Crippen molar-refractivity contribution in [2.45, 2.75) is 26.5 Å². The third-order valence-corrected chi connectivity index (χ3v) is 4.89. The number of ether oxygens (including phenoxy) is 2. The third-order valence-electron chi connectivity index (χ3n) is 4.89. The van der Waals surface area contributed by atoms with Crippen LogP contribution in [0.5, 0.6) is 11.5 Å². The Balaban J connectivity index is 1.60. The van der Waals surface area contributed by atoms with Crippen LogP contribution in [0.25, 0.3) is 16.9 Å². The van der Waals surface area contributed by atoms with Gasteiger partial charge < -0.3 is 14.8 Å². The molecule has 0 bridgehead atoms. The molecule has 0 saturated carbocycles. The van der Waals surface area contributed by atoms with Gasteiger partial charge in [-0.2, -0.15) is 0 Å². The zero-order chi connectivity index (χ0) is 23.2. The van der Waals surface area contributed by atoms with E-state index < -0.39 is 0 Å². The molecule has 0 spiro atoms. The molecule has 2 heterocycles. The number of hydrogen-bond donors (Lipinski definition) is 1. The van der Waals surface area contributed by atoms with Crippen LogP contribution in [0.3, 0.4) is 0 Å². The van der Waals surface area contributed by atoms with Crippen LogP contribution in [-0.2, 0) is 6.54 Å². The molecule has 0 saturated heterocycles. The number of carbonyl (C=O) groups excluding carboxylic acids is 1. The first-order chi connectivity index (χ1) is 16.0. The molecule has 0 aliphatic carbocycles. The number of hydrogen-bond acceptors (Lipinski definition) is 6. The summed E-state index contributed by atoms with van der Waals surface area (Å²) in [6.07, 6.45) is 3.44. The van der Waals surface area contributed by atoms with Gasteiger partial charge in [-0.15, -0.1) is 5.10 Å². The summed E-state index contributed by atoms with van der Waals surface area (Å²) in [5.41, 5.74) is 3.25. The second-order valence-corrected chi connectivity index (χ2v) is 7.63. The van der Waals surface area contributed by atoms with Gasteiger partial charge in [0, 0.05) is 30.6 Å². The quantitative estimate of drug-likeness (QED) is 0.442. The highest BCUT2D eigenvalue weighted by Gasteiger charge is 2.22. The lowest BCUT2D eigenvalue weighted by atomic mass is 10.1. The second-order valence-electron chi connectivity index (χ2n) is 7.63. The Kier molecular flexibility index (Phi) is 6.64. The first kappa shape index (κ1) is 22.0. The van der Waals surface area contributed by atoms with Crippen LogP contribution < -0.4 is 14.8 Å². The normalized spacial score (nSPS) is 10.8. The molecule has 4 rings (SSSR count). The van der Waals surface area contributed by atoms with E-state index in [9.17, 15) is 4.79 Å². The molecular weight excluding hydrogens is 418 g/mol. The van der Waals surface area contributed by atoms with Crippen LogP contribution >= 0.6 is 0 Å². The molecule has 4 aromatic rings. The van der Waals surface area contributed by atoms with E-state index >= 15 is 0 Å². The average molecular weight is 444 g/mol. The van der Waals surface area contributed by atoms with Crippen molar-refractivity contribution in [2.24, 2.45) is 0 Å². The Morgan fingerprint density at radius 2 is 1.79 bits per heavy atom. The van der Waals surface area contributed by atoms with Crippen molar-refractivity contribution in [3.8, 4) is 28.4 Å². The fourth-order valence-electron chi connectivity index (χ4n) is 3.35. The van der Waals surface area contributed by atoms with E-state index in [1.807, 2.05) is 74.5 Å². The van der Waals surface area contributed by atoms with E-state index in [0.717, 1.165) is 22.6 Å². The van der Waals surface area contributed by atoms with Crippen molar-refractivity contribution in [1.82, 2.24) is 25.3 Å². The molecule has 1 N–H and O–H groups in total. The van der Waals surface area contributed by atoms with Crippen molar-refractivity contribution >= 4 is 5.91 Å². The molecule has 33 heavy (non-hydrogen) atoms. The summed E-state index contributed by atoms with van der Waals surface area (Å²) in [5, 5.41) is 11.4. The van der Waals surface area contributed by atoms with Gasteiger partial charge in [-0.3, -0.25) is 9.78 Å². The first-order valence-electron chi connectivity index (χ1n) is 10.6. The van der Waals surface area contributed by atoms with Crippen LogP contribution in [0, 0.1) is 0 Å². The van der Waals surface area contributed by atoms with E-state index in [1.165, 1.54) is 0 Å². The Hall–Kier alpha value is -4.20. The Morgan fingerprint density at radius 1 is 1.03 bits per heavy atom. The number of nitrogens with zero attached hydrogens (tertiary/aromatic N) is 4. The molecule has 0 fully saturated rings. The second kappa shape index (κ2) is 9.95. The van der Waals surface area contributed by atoms with E-state index in [4.69, 9.17) is 9.47 Å². The van der Waals surface area contributed by atoms with Crippen molar-refractivity contribution in [3.05, 3.63) is 84.3 Å². The zero-order valence-corrected chi connectivity index (χ0v) is 18.7. The SMILES string of the molecule is COc1cccc(-n2nnc(C(=O)NCc3ccc(OC(C)C)cc3)c2-c2ccncc2)c1. The first-order valence-corrected chi connectivity index (χ1v) is 10.6. The van der Waals surface area contributed by atoms with Crippen LogP contribution in [0.4, 0.5) is 0 Å². The van der Waals surface area contributed by atoms with E-state index in [-0.39, 0.29) is 17.7 Å². The Labute approximate surface area is 192 Å². The van der Waals surface area contributed by atoms with Crippen molar-refractivity contribution in [1.29, 1.82) is 0 Å². The molecule has 1 amide bonds. The van der Waals surface area contributed by atoms with Crippen LogP contribution in [0.2, 0.25) is 0 Å². The monoisotopic (exact) mass is 443 g/mol. The smallest absolute Gasteiger partial charge is 0.274 e. The van der Waals surface area contributed by atoms with E-state index in [0.29, 0.717) is 18.0 Å². The molecule has 0 atom stereocenters. The summed E-state index contributed by atoms with van der Waals surface area (Å²) >= 11 is 0. The number of amides is 1. The maximum atomic E-state index is 13.1. The summed E-state index contributed by atoms with van der Waals surface area (Å²) < 4.78 is 12.6. The molecule has 8 heteroatoms. The maximum absolute atomic E-state index is 13.1. The number of carbonyl (C=O) groups is 1. The number of methoxy groups -OCH3 is 1. The Morgan fingerprint density at radius 3 is 2.48 bits per heavy atom. The van der Waals surface area contributed by atoms with Crippen LogP contribution in [0.1, 0.15) is 29.9 Å². The predicted octanol–water partition coefficient (Wildman–Crippen LogP) is 4.06. The van der Waals surface area contributed by atoms with Crippen LogP contribution in [0.15, 0.2) is 73.1 Å². The Bertz CT molecular complexity index is 1220. The molecule has 168 valence electrons. The van der Waals surface area contributed by atoms with E-state index in [1.54, 1.807) is 24.2 Å². The van der Waals surface area contributed by atoms with Crippen LogP contribution in [-0.4, -0.2) is 39.1 Å². The summed E-state index contributed by atoms with van der Waals surface area (Å²) in [6.45, 7) is 4.31. The molecule has 2 aromatic carbocycles. The highest BCUT2D eigenvalue weighted by Crippen LogP contribution is 2.26. The predicted molar refractivity (Wildman–Crippen MR) is 125 cm³/mol. The third kappa shape index (κ3) is 5.17. The number of aromatic nitrogens is 4. The summed E-state index contributed by atoms with van der Waals surface area (Å²) in [7, 11) is 1.60. The van der Waals surface area contributed by atoms with E-state index in [2.05, 4.69) is 20.6 Å². The van der Waals surface area contributed by atoms with Gasteiger partial charge in [0.25, 0.3) is 5.91 Å². The number of rotatable bonds is 8. The molecule has 0 unspecified atom stereocenters. The molecule has 8 nitrogen and oxygen atoms in total. The minimum Gasteiger partial charge on any atom is -0.497 e. The van der Waals surface area contributed by atoms with Gasteiger partial charge in [0.1, 0.15) is 17.2 Å². The summed E-state index contributed by atoms with van der Waals surface area (Å²) in [6, 6.07) is 18.7. The van der Waals surface area contributed by atoms with Gasteiger partial charge >= 0.3 is 0 Å². The fraction of sp³-hybridized carbons (Fsp3) is 0.200. The van der Waals surface area contributed by atoms with Crippen molar-refractivity contribution < 1.29 is 14.3 Å². The van der Waals surface area contributed by atoms with Gasteiger partial charge in [0.15, 0.2) is 5.69 Å². The largest absolute Gasteiger partial charge is 0.497 e. The van der Waals surface area contributed by atoms with Gasteiger partial charge in [0.2, 0.25) is 0 Å². The maximum Gasteiger partial charge on any atom is 0.274 e. The summed E-state index contributed by atoms with van der Waals surface area (Å²) in [4.78, 5) is 17.2. The van der Waals surface area contributed by atoms with Crippen molar-refractivity contribution in [2.75, 3.05) is 7.11 Å². The molecule has 0 radical (unpaired) electrons. The fourth-order valence-corrected chi connectivity index (χ4v) is 3.35. The van der Waals surface area contributed by atoms with Gasteiger partial charge in [-0.25, -0.2) is 4.68 Å². The van der Waals surface area contributed by atoms with Gasteiger partial charge in [0.05, 0.1) is 18.9 Å². The topological polar surface area (TPSA) is 91.2 Å². The molecular formula is C25H25N5O3. The highest BCUT2D eigenvalue weighted by molar-refractivity contribution is 5.98. The molecule has 0 aliphatic heterocycles. The number of pyridine rings is 1. The minimum absolute atomic E-state index is 0.106. The highest BCUT2D eigenvalue weighted by atomic mass is 16.5. The number of benzene rings is 2. The lowest BCUT2D eigenvalue weighted by molar-refractivity contribution is 0.0946. The zero-order valence-electron chi connectivity index (χ0n) is 18.7. The lowest BCUT2D eigenvalue weighted by Gasteiger charge is -2.11. The summed E-state index contributed by atoms with van der Waals surface area (Å²) in [5.74, 6) is 1.15. The minimum atomic E-state index is -0.321. The average Bonchev–Trinajstić information content (AvgIpc) is 3.29. The van der Waals surface area contributed by atoms with Gasteiger partial charge in [-0.1, -0.05) is 23.4 Å².